The Hall–Kier alpha value is -1.63. The molecule has 102 valence electrons. The van der Waals surface area contributed by atoms with Crippen LogP contribution >= 0.6 is 12.2 Å². The monoisotopic (exact) mass is 287 g/mol. The lowest BCUT2D eigenvalue weighted by Crippen LogP contribution is -2.14. The average Bonchev–Trinajstić information content (AvgIpc) is 2.53. The SMILES string of the molecule is Cc1cc(C)cc(-n2c(C(F)(F)F)nn(C)c2=S)c1. The van der Waals surface area contributed by atoms with E-state index in [-0.39, 0.29) is 4.77 Å². The van der Waals surface area contributed by atoms with Crippen molar-refractivity contribution in [3.8, 4) is 5.69 Å². The number of alkyl halides is 3. The molecule has 1 aromatic heterocycles. The molecule has 0 amide bonds. The van der Waals surface area contributed by atoms with Gasteiger partial charge < -0.3 is 0 Å². The van der Waals surface area contributed by atoms with E-state index in [1.807, 2.05) is 19.9 Å². The number of hydrogen-bond acceptors (Lipinski definition) is 2. The van der Waals surface area contributed by atoms with Crippen LogP contribution in [-0.4, -0.2) is 14.3 Å². The summed E-state index contributed by atoms with van der Waals surface area (Å²) in [5.74, 6) is -1.01. The molecule has 0 aliphatic heterocycles. The molecule has 1 heterocycles. The van der Waals surface area contributed by atoms with Crippen LogP contribution in [0.3, 0.4) is 0 Å². The number of nitrogens with zero attached hydrogens (tertiary/aromatic N) is 3. The maximum atomic E-state index is 13.0. The highest BCUT2D eigenvalue weighted by Crippen LogP contribution is 2.30. The fourth-order valence-electron chi connectivity index (χ4n) is 1.96. The van der Waals surface area contributed by atoms with Gasteiger partial charge in [-0.1, -0.05) is 6.07 Å². The van der Waals surface area contributed by atoms with E-state index >= 15 is 0 Å². The van der Waals surface area contributed by atoms with Gasteiger partial charge in [0.05, 0.1) is 5.69 Å². The summed E-state index contributed by atoms with van der Waals surface area (Å²) in [5.41, 5.74) is 2.12. The van der Waals surface area contributed by atoms with E-state index in [1.54, 1.807) is 12.1 Å². The Bertz CT molecular complexity index is 662. The number of hydrogen-bond donors (Lipinski definition) is 0. The zero-order valence-corrected chi connectivity index (χ0v) is 11.4. The molecule has 0 aliphatic carbocycles. The molecule has 0 fully saturated rings. The van der Waals surface area contributed by atoms with E-state index in [0.29, 0.717) is 5.69 Å². The second kappa shape index (κ2) is 4.48. The Morgan fingerprint density at radius 1 is 1.11 bits per heavy atom. The van der Waals surface area contributed by atoms with Crippen LogP contribution in [0.4, 0.5) is 13.2 Å². The minimum Gasteiger partial charge on any atom is -0.264 e. The van der Waals surface area contributed by atoms with Crippen molar-refractivity contribution in [3.63, 3.8) is 0 Å². The zero-order valence-electron chi connectivity index (χ0n) is 10.6. The first-order valence-electron chi connectivity index (χ1n) is 5.52. The molecule has 0 unspecified atom stereocenters. The predicted octanol–water partition coefficient (Wildman–Crippen LogP) is 3.58. The number of benzene rings is 1. The fraction of sp³-hybridized carbons (Fsp3) is 0.333. The molecule has 0 aliphatic rings. The minimum atomic E-state index is -4.55. The standard InChI is InChI=1S/C12H12F3N3S/c1-7-4-8(2)6-9(5-7)18-10(12(13,14)15)16-17(3)11(18)19/h4-6H,1-3H3. The first kappa shape index (κ1) is 13.8. The lowest BCUT2D eigenvalue weighted by molar-refractivity contribution is -0.146. The van der Waals surface area contributed by atoms with Crippen molar-refractivity contribution in [1.82, 2.24) is 14.3 Å². The number of rotatable bonds is 1. The topological polar surface area (TPSA) is 22.8 Å². The first-order chi connectivity index (χ1) is 8.70. The van der Waals surface area contributed by atoms with Crippen molar-refractivity contribution in [2.45, 2.75) is 20.0 Å². The van der Waals surface area contributed by atoms with E-state index in [0.717, 1.165) is 20.4 Å². The third-order valence-electron chi connectivity index (χ3n) is 2.64. The summed E-state index contributed by atoms with van der Waals surface area (Å²) in [6, 6.07) is 5.19. The third-order valence-corrected chi connectivity index (χ3v) is 3.09. The lowest BCUT2D eigenvalue weighted by Gasteiger charge is -2.10. The Kier molecular flexibility index (Phi) is 3.25. The van der Waals surface area contributed by atoms with E-state index < -0.39 is 12.0 Å². The third kappa shape index (κ3) is 2.56. The summed E-state index contributed by atoms with van der Waals surface area (Å²) in [5, 5.41) is 3.47. The van der Waals surface area contributed by atoms with Crippen LogP contribution in [0.25, 0.3) is 5.69 Å². The summed E-state index contributed by atoms with van der Waals surface area (Å²) < 4.78 is 41.0. The van der Waals surface area contributed by atoms with Crippen LogP contribution in [0.2, 0.25) is 0 Å². The van der Waals surface area contributed by atoms with Gasteiger partial charge in [0.25, 0.3) is 0 Å². The smallest absolute Gasteiger partial charge is 0.264 e. The van der Waals surface area contributed by atoms with E-state index in [2.05, 4.69) is 5.10 Å². The number of aromatic nitrogens is 3. The van der Waals surface area contributed by atoms with Crippen molar-refractivity contribution >= 4 is 12.2 Å². The second-order valence-electron chi connectivity index (χ2n) is 4.41. The van der Waals surface area contributed by atoms with Gasteiger partial charge in [-0.2, -0.15) is 13.2 Å². The van der Waals surface area contributed by atoms with Gasteiger partial charge in [0.2, 0.25) is 10.6 Å². The maximum Gasteiger partial charge on any atom is 0.452 e. The Labute approximate surface area is 113 Å². The van der Waals surface area contributed by atoms with E-state index in [1.165, 1.54) is 7.05 Å². The Balaban J connectivity index is 2.78. The van der Waals surface area contributed by atoms with E-state index in [4.69, 9.17) is 12.2 Å². The molecule has 0 saturated carbocycles. The molecule has 0 atom stereocenters. The van der Waals surface area contributed by atoms with Gasteiger partial charge in [-0.15, -0.1) is 5.10 Å². The van der Waals surface area contributed by atoms with Crippen molar-refractivity contribution in [3.05, 3.63) is 39.9 Å². The van der Waals surface area contributed by atoms with Crippen LogP contribution in [0, 0.1) is 18.6 Å². The Morgan fingerprint density at radius 2 is 1.63 bits per heavy atom. The van der Waals surface area contributed by atoms with Crippen molar-refractivity contribution in [1.29, 1.82) is 0 Å². The minimum absolute atomic E-state index is 0.0114. The van der Waals surface area contributed by atoms with Crippen LogP contribution < -0.4 is 0 Å². The van der Waals surface area contributed by atoms with Crippen LogP contribution in [0.1, 0.15) is 17.0 Å². The molecule has 2 rings (SSSR count). The van der Waals surface area contributed by atoms with Gasteiger partial charge in [0, 0.05) is 7.05 Å². The van der Waals surface area contributed by atoms with Gasteiger partial charge >= 0.3 is 6.18 Å². The van der Waals surface area contributed by atoms with Crippen LogP contribution in [0.15, 0.2) is 18.2 Å². The summed E-state index contributed by atoms with van der Waals surface area (Å²) >= 11 is 5.01. The van der Waals surface area contributed by atoms with Crippen molar-refractivity contribution < 1.29 is 13.2 Å². The predicted molar refractivity (Wildman–Crippen MR) is 67.8 cm³/mol. The molecule has 0 spiro atoms. The fourth-order valence-corrected chi connectivity index (χ4v) is 2.19. The molecule has 0 N–H and O–H groups in total. The molecular formula is C12H12F3N3S. The van der Waals surface area contributed by atoms with Gasteiger partial charge in [-0.3, -0.25) is 4.57 Å². The van der Waals surface area contributed by atoms with E-state index in [9.17, 15) is 13.2 Å². The van der Waals surface area contributed by atoms with Crippen LogP contribution in [-0.2, 0) is 13.2 Å². The van der Waals surface area contributed by atoms with Gasteiger partial charge in [-0.25, -0.2) is 4.68 Å². The van der Waals surface area contributed by atoms with Crippen molar-refractivity contribution in [2.75, 3.05) is 0 Å². The molecule has 0 saturated heterocycles. The quantitative estimate of drug-likeness (QED) is 0.748. The highest BCUT2D eigenvalue weighted by molar-refractivity contribution is 7.71. The van der Waals surface area contributed by atoms with Crippen LogP contribution in [0.5, 0.6) is 0 Å². The summed E-state index contributed by atoms with van der Waals surface area (Å²) in [6.45, 7) is 3.65. The first-order valence-corrected chi connectivity index (χ1v) is 5.93. The summed E-state index contributed by atoms with van der Waals surface area (Å²) in [4.78, 5) is 0. The highest BCUT2D eigenvalue weighted by atomic mass is 32.1. The average molecular weight is 287 g/mol. The molecule has 2 aromatic rings. The summed E-state index contributed by atoms with van der Waals surface area (Å²) in [6.07, 6.45) is -4.55. The van der Waals surface area contributed by atoms with Crippen molar-refractivity contribution in [2.24, 2.45) is 7.05 Å². The number of aryl methyl sites for hydroxylation is 3. The highest BCUT2D eigenvalue weighted by Gasteiger charge is 2.38. The lowest BCUT2D eigenvalue weighted by atomic mass is 10.1. The molecule has 7 heteroatoms. The van der Waals surface area contributed by atoms with Gasteiger partial charge in [0.1, 0.15) is 0 Å². The largest absolute Gasteiger partial charge is 0.452 e. The molecule has 19 heavy (non-hydrogen) atoms. The zero-order chi connectivity index (χ0) is 14.4. The summed E-state index contributed by atoms with van der Waals surface area (Å²) in [7, 11) is 1.40. The molecule has 3 nitrogen and oxygen atoms in total. The maximum absolute atomic E-state index is 13.0. The van der Waals surface area contributed by atoms with Gasteiger partial charge in [-0.05, 0) is 49.3 Å². The molecule has 0 bridgehead atoms. The number of halogens is 3. The molecule has 1 aromatic carbocycles. The molecular weight excluding hydrogens is 275 g/mol. The normalized spacial score (nSPS) is 11.9. The second-order valence-corrected chi connectivity index (χ2v) is 4.77. The van der Waals surface area contributed by atoms with Gasteiger partial charge in [0.15, 0.2) is 0 Å². The Morgan fingerprint density at radius 3 is 2.11 bits per heavy atom. The molecule has 0 radical (unpaired) electrons.